The maximum absolute atomic E-state index is 13.5. The van der Waals surface area contributed by atoms with Crippen LogP contribution in [0.15, 0.2) is 47.0 Å². The number of rotatable bonds is 12. The van der Waals surface area contributed by atoms with Crippen molar-refractivity contribution in [3.63, 3.8) is 0 Å². The average molecular weight is 511 g/mol. The Bertz CT molecular complexity index is 1090. The van der Waals surface area contributed by atoms with Crippen molar-refractivity contribution in [1.82, 2.24) is 4.31 Å². The number of allylic oxidation sites excluding steroid dienone is 4. The first-order chi connectivity index (χ1) is 16.2. The third-order valence-electron chi connectivity index (χ3n) is 5.38. The minimum atomic E-state index is -3.50. The quantitative estimate of drug-likeness (QED) is 0.200. The van der Waals surface area contributed by atoms with Gasteiger partial charge in [0.05, 0.1) is 25.9 Å². The van der Waals surface area contributed by atoms with Crippen LogP contribution in [0.3, 0.4) is 0 Å². The fourth-order valence-corrected chi connectivity index (χ4v) is 3.77. The summed E-state index contributed by atoms with van der Waals surface area (Å²) in [4.78, 5) is 28.5. The molecule has 0 aliphatic rings. The van der Waals surface area contributed by atoms with Crippen molar-refractivity contribution < 1.29 is 32.2 Å². The molecule has 0 radical (unpaired) electrons. The monoisotopic (exact) mass is 510 g/mol. The van der Waals surface area contributed by atoms with E-state index >= 15 is 0 Å². The van der Waals surface area contributed by atoms with E-state index in [4.69, 9.17) is 0 Å². The lowest BCUT2D eigenvalue weighted by atomic mass is 9.91. The summed E-state index contributed by atoms with van der Waals surface area (Å²) in [6.45, 7) is 7.22. The highest BCUT2D eigenvalue weighted by molar-refractivity contribution is 7.88. The summed E-state index contributed by atoms with van der Waals surface area (Å²) in [7, 11) is -0.871. The van der Waals surface area contributed by atoms with Crippen LogP contribution in [0.1, 0.15) is 46.1 Å². The van der Waals surface area contributed by atoms with E-state index in [1.165, 1.54) is 32.4 Å². The number of aliphatic hydroxyl groups excluding tert-OH is 1. The van der Waals surface area contributed by atoms with Crippen LogP contribution in [0.4, 0.5) is 4.39 Å². The summed E-state index contributed by atoms with van der Waals surface area (Å²) >= 11 is 0. The van der Waals surface area contributed by atoms with E-state index in [9.17, 15) is 27.5 Å². The largest absolute Gasteiger partial charge is 0.469 e. The summed E-state index contributed by atoms with van der Waals surface area (Å²) in [5.74, 6) is -1.59. The maximum Gasteiger partial charge on any atom is 0.308 e. The molecule has 1 rings (SSSR count). The van der Waals surface area contributed by atoms with Gasteiger partial charge in [-0.3, -0.25) is 14.6 Å². The Hall–Kier alpha value is -2.69. The second-order valence-electron chi connectivity index (χ2n) is 8.56. The third-order valence-corrected chi connectivity index (χ3v) is 6.73. The number of hydrogen-bond donors (Lipinski definition) is 1. The highest BCUT2D eigenvalue weighted by atomic mass is 32.2. The maximum atomic E-state index is 13.5. The van der Waals surface area contributed by atoms with Gasteiger partial charge in [-0.1, -0.05) is 26.0 Å². The number of sulfonamides is 1. The summed E-state index contributed by atoms with van der Waals surface area (Å²) in [5, 5.41) is 9.96. The van der Waals surface area contributed by atoms with Crippen molar-refractivity contribution in [2.24, 2.45) is 10.9 Å². The molecule has 10 heteroatoms. The van der Waals surface area contributed by atoms with Crippen LogP contribution in [-0.2, 0) is 24.3 Å². The molecular formula is C25H35FN2O6S. The van der Waals surface area contributed by atoms with E-state index in [0.717, 1.165) is 10.6 Å². The highest BCUT2D eigenvalue weighted by Gasteiger charge is 2.21. The van der Waals surface area contributed by atoms with Gasteiger partial charge in [-0.25, -0.2) is 12.8 Å². The lowest BCUT2D eigenvalue weighted by molar-refractivity contribution is -0.143. The normalized spacial score (nSPS) is 15.3. The number of aliphatic hydroxyl groups is 1. The zero-order valence-corrected chi connectivity index (χ0v) is 22.1. The standard InChI is InChI=1S/C25H35FN2O6S/c1-16(2)25(27-18(4)28(5)35(7,32)33)23(17(3)19-8-10-20(26)11-9-19)13-12-21(29)14-22(30)15-24(31)34-6/h8-13,16,18,22,30H,14-15H2,1-7H3/b13-12+,23-17+,27-25-/t18?,22-/m1/s1. The number of carbonyl (C=O) groups is 2. The van der Waals surface area contributed by atoms with Crippen LogP contribution in [0.5, 0.6) is 0 Å². The molecule has 0 amide bonds. The summed E-state index contributed by atoms with van der Waals surface area (Å²) < 4.78 is 43.1. The van der Waals surface area contributed by atoms with E-state index < -0.39 is 39.9 Å². The molecule has 2 atom stereocenters. The molecule has 1 N–H and O–H groups in total. The second-order valence-corrected chi connectivity index (χ2v) is 10.6. The fourth-order valence-electron chi connectivity index (χ4n) is 3.17. The number of aliphatic imine (C=N–C) groups is 1. The molecule has 0 fully saturated rings. The van der Waals surface area contributed by atoms with Gasteiger partial charge < -0.3 is 9.84 Å². The zero-order chi connectivity index (χ0) is 26.9. The molecule has 0 saturated heterocycles. The predicted octanol–water partition coefficient (Wildman–Crippen LogP) is 3.37. The smallest absolute Gasteiger partial charge is 0.308 e. The minimum Gasteiger partial charge on any atom is -0.469 e. The van der Waals surface area contributed by atoms with Gasteiger partial charge in [-0.05, 0) is 60.8 Å². The number of carbonyl (C=O) groups excluding carboxylic acids is 2. The molecule has 0 bridgehead atoms. The van der Waals surface area contributed by atoms with E-state index in [0.29, 0.717) is 22.4 Å². The van der Waals surface area contributed by atoms with Gasteiger partial charge in [-0.2, -0.15) is 4.31 Å². The van der Waals surface area contributed by atoms with Gasteiger partial charge >= 0.3 is 5.97 Å². The van der Waals surface area contributed by atoms with E-state index in [1.807, 2.05) is 13.8 Å². The molecule has 1 aromatic carbocycles. The number of esters is 1. The first-order valence-electron chi connectivity index (χ1n) is 11.1. The summed E-state index contributed by atoms with van der Waals surface area (Å²) in [6.07, 6.45) is 1.43. The van der Waals surface area contributed by atoms with Gasteiger partial charge in [0.1, 0.15) is 12.0 Å². The number of ketones is 1. The SMILES string of the molecule is COC(=O)C[C@H](O)CC(=O)/C=C/C(C(=N\C(C)N(C)S(C)(=O)=O)/C(C)C)=C(/C)c1ccc(F)cc1. The molecule has 0 aliphatic heterocycles. The molecule has 0 aromatic heterocycles. The molecule has 1 aromatic rings. The Labute approximate surface area is 207 Å². The lowest BCUT2D eigenvalue weighted by Gasteiger charge is -2.23. The van der Waals surface area contributed by atoms with Crippen LogP contribution in [0.25, 0.3) is 5.57 Å². The Balaban J connectivity index is 3.51. The molecule has 0 aliphatic carbocycles. The molecule has 194 valence electrons. The molecule has 0 spiro atoms. The number of methoxy groups -OCH3 is 1. The van der Waals surface area contributed by atoms with Crippen molar-refractivity contribution in [3.05, 3.63) is 53.4 Å². The average Bonchev–Trinajstić information content (AvgIpc) is 2.76. The van der Waals surface area contributed by atoms with Gasteiger partial charge in [0.25, 0.3) is 0 Å². The number of halogens is 1. The molecule has 0 heterocycles. The number of nitrogens with zero attached hydrogens (tertiary/aromatic N) is 2. The fraction of sp³-hybridized carbons (Fsp3) is 0.480. The van der Waals surface area contributed by atoms with Crippen LogP contribution in [-0.4, -0.2) is 68.0 Å². The molecule has 35 heavy (non-hydrogen) atoms. The van der Waals surface area contributed by atoms with Crippen molar-refractivity contribution in [2.45, 2.75) is 52.8 Å². The van der Waals surface area contributed by atoms with Crippen LogP contribution in [0.2, 0.25) is 0 Å². The van der Waals surface area contributed by atoms with Crippen LogP contribution >= 0.6 is 0 Å². The molecular weight excluding hydrogens is 475 g/mol. The van der Waals surface area contributed by atoms with Gasteiger partial charge in [0, 0.05) is 19.2 Å². The Morgan fingerprint density at radius 3 is 2.20 bits per heavy atom. The Kier molecular flexibility index (Phi) is 11.6. The van der Waals surface area contributed by atoms with Crippen molar-refractivity contribution in [3.8, 4) is 0 Å². The highest BCUT2D eigenvalue weighted by Crippen LogP contribution is 2.25. The van der Waals surface area contributed by atoms with Gasteiger partial charge in [0.2, 0.25) is 10.0 Å². The van der Waals surface area contributed by atoms with E-state index in [2.05, 4.69) is 9.73 Å². The van der Waals surface area contributed by atoms with Gasteiger partial charge in [-0.15, -0.1) is 0 Å². The van der Waals surface area contributed by atoms with Crippen molar-refractivity contribution in [2.75, 3.05) is 20.4 Å². The van der Waals surface area contributed by atoms with Crippen LogP contribution in [0, 0.1) is 11.7 Å². The lowest BCUT2D eigenvalue weighted by Crippen LogP contribution is -2.34. The number of hydrogen-bond acceptors (Lipinski definition) is 7. The van der Waals surface area contributed by atoms with Crippen molar-refractivity contribution >= 4 is 33.1 Å². The second kappa shape index (κ2) is 13.4. The molecule has 8 nitrogen and oxygen atoms in total. The molecule has 0 saturated carbocycles. The summed E-state index contributed by atoms with van der Waals surface area (Å²) in [5.41, 5.74) is 2.51. The third kappa shape index (κ3) is 9.83. The van der Waals surface area contributed by atoms with Crippen LogP contribution < -0.4 is 0 Å². The summed E-state index contributed by atoms with van der Waals surface area (Å²) in [6, 6.07) is 5.84. The first-order valence-corrected chi connectivity index (χ1v) is 13.0. The topological polar surface area (TPSA) is 113 Å². The van der Waals surface area contributed by atoms with Gasteiger partial charge in [0.15, 0.2) is 5.78 Å². The minimum absolute atomic E-state index is 0.152. The number of benzene rings is 1. The number of ether oxygens (including phenoxy) is 1. The predicted molar refractivity (Wildman–Crippen MR) is 135 cm³/mol. The van der Waals surface area contributed by atoms with Crippen molar-refractivity contribution in [1.29, 1.82) is 0 Å². The first kappa shape index (κ1) is 30.3. The Morgan fingerprint density at radius 1 is 1.14 bits per heavy atom. The Morgan fingerprint density at radius 2 is 1.71 bits per heavy atom. The van der Waals surface area contributed by atoms with E-state index in [-0.39, 0.29) is 18.8 Å². The molecule has 1 unspecified atom stereocenters. The van der Waals surface area contributed by atoms with E-state index in [1.54, 1.807) is 32.1 Å². The zero-order valence-electron chi connectivity index (χ0n) is 21.3.